The molecule has 0 fully saturated rings. The number of rotatable bonds is 3. The van der Waals surface area contributed by atoms with Gasteiger partial charge in [-0.2, -0.15) is 4.39 Å². The molecule has 1 heterocycles. The quantitative estimate of drug-likeness (QED) is 0.719. The number of H-pyrrole nitrogens is 1. The highest BCUT2D eigenvalue weighted by molar-refractivity contribution is 6.33. The van der Waals surface area contributed by atoms with Crippen molar-refractivity contribution in [3.63, 3.8) is 0 Å². The molecule has 0 aliphatic heterocycles. The first-order valence-electron chi connectivity index (χ1n) is 5.71. The number of halogens is 2. The normalized spacial score (nSPS) is 10.4. The molecule has 0 aliphatic rings. The van der Waals surface area contributed by atoms with Gasteiger partial charge in [0.1, 0.15) is 6.54 Å². The second-order valence-corrected chi connectivity index (χ2v) is 4.56. The topological polar surface area (TPSA) is 110 Å². The number of amides is 1. The van der Waals surface area contributed by atoms with Gasteiger partial charge < -0.3 is 11.1 Å². The van der Waals surface area contributed by atoms with Crippen molar-refractivity contribution in [3.8, 4) is 0 Å². The molecular formula is C12H10ClFN4O3. The van der Waals surface area contributed by atoms with E-state index in [4.69, 9.17) is 17.3 Å². The van der Waals surface area contributed by atoms with Crippen LogP contribution in [0.25, 0.3) is 0 Å². The van der Waals surface area contributed by atoms with E-state index >= 15 is 0 Å². The number of nitrogen functional groups attached to an aromatic ring is 1. The van der Waals surface area contributed by atoms with Gasteiger partial charge in [-0.05, 0) is 18.2 Å². The van der Waals surface area contributed by atoms with Gasteiger partial charge in [-0.1, -0.05) is 11.6 Å². The van der Waals surface area contributed by atoms with Crippen molar-refractivity contribution in [1.29, 1.82) is 0 Å². The van der Waals surface area contributed by atoms with Crippen molar-refractivity contribution < 1.29 is 9.18 Å². The van der Waals surface area contributed by atoms with E-state index < -0.39 is 29.5 Å². The molecule has 0 saturated heterocycles. The molecule has 0 radical (unpaired) electrons. The maximum atomic E-state index is 13.1. The summed E-state index contributed by atoms with van der Waals surface area (Å²) in [4.78, 5) is 35.8. The second-order valence-electron chi connectivity index (χ2n) is 4.15. The first-order valence-corrected chi connectivity index (χ1v) is 6.09. The molecule has 0 unspecified atom stereocenters. The predicted molar refractivity (Wildman–Crippen MR) is 75.8 cm³/mol. The average Bonchev–Trinajstić information content (AvgIpc) is 2.40. The third-order valence-electron chi connectivity index (χ3n) is 2.55. The van der Waals surface area contributed by atoms with Crippen LogP contribution in [0.4, 0.5) is 15.8 Å². The molecule has 0 aliphatic carbocycles. The zero-order chi connectivity index (χ0) is 15.6. The third-order valence-corrected chi connectivity index (χ3v) is 2.88. The van der Waals surface area contributed by atoms with E-state index in [1.54, 1.807) is 11.1 Å². The largest absolute Gasteiger partial charge is 0.399 e. The fourth-order valence-corrected chi connectivity index (χ4v) is 1.75. The Balaban J connectivity index is 2.19. The Morgan fingerprint density at radius 2 is 2.14 bits per heavy atom. The van der Waals surface area contributed by atoms with Crippen molar-refractivity contribution >= 4 is 28.9 Å². The molecule has 21 heavy (non-hydrogen) atoms. The van der Waals surface area contributed by atoms with Crippen LogP contribution >= 0.6 is 11.6 Å². The van der Waals surface area contributed by atoms with Gasteiger partial charge in [-0.25, -0.2) is 4.79 Å². The number of nitrogens with two attached hydrogens (primary N) is 1. The molecule has 4 N–H and O–H groups in total. The lowest BCUT2D eigenvalue weighted by Crippen LogP contribution is -2.34. The summed E-state index contributed by atoms with van der Waals surface area (Å²) in [5.74, 6) is -1.79. The number of benzene rings is 1. The monoisotopic (exact) mass is 312 g/mol. The van der Waals surface area contributed by atoms with Gasteiger partial charge in [0.15, 0.2) is 0 Å². The average molecular weight is 313 g/mol. The van der Waals surface area contributed by atoms with E-state index in [1.165, 1.54) is 12.1 Å². The second kappa shape index (κ2) is 5.80. The zero-order valence-corrected chi connectivity index (χ0v) is 11.3. The van der Waals surface area contributed by atoms with Crippen LogP contribution in [-0.2, 0) is 11.3 Å². The van der Waals surface area contributed by atoms with E-state index in [9.17, 15) is 18.8 Å². The molecule has 2 rings (SSSR count). The van der Waals surface area contributed by atoms with Crippen LogP contribution in [0.5, 0.6) is 0 Å². The van der Waals surface area contributed by atoms with E-state index in [0.29, 0.717) is 11.9 Å². The number of aromatic amines is 1. The molecular weight excluding hydrogens is 303 g/mol. The number of hydrogen-bond donors (Lipinski definition) is 3. The van der Waals surface area contributed by atoms with Gasteiger partial charge in [-0.3, -0.25) is 19.1 Å². The summed E-state index contributed by atoms with van der Waals surface area (Å²) in [7, 11) is 0. The molecule has 0 saturated carbocycles. The maximum Gasteiger partial charge on any atom is 0.328 e. The molecule has 110 valence electrons. The van der Waals surface area contributed by atoms with Gasteiger partial charge in [0.05, 0.1) is 16.9 Å². The highest BCUT2D eigenvalue weighted by Crippen LogP contribution is 2.23. The highest BCUT2D eigenvalue weighted by atomic mass is 35.5. The van der Waals surface area contributed by atoms with Crippen molar-refractivity contribution in [2.75, 3.05) is 11.1 Å². The highest BCUT2D eigenvalue weighted by Gasteiger charge is 2.10. The first kappa shape index (κ1) is 14.8. The van der Waals surface area contributed by atoms with Crippen molar-refractivity contribution in [2.45, 2.75) is 6.54 Å². The van der Waals surface area contributed by atoms with E-state index in [2.05, 4.69) is 5.32 Å². The van der Waals surface area contributed by atoms with Crippen LogP contribution in [0.1, 0.15) is 0 Å². The summed E-state index contributed by atoms with van der Waals surface area (Å²) in [6.07, 6.45) is 0.654. The number of carbonyl (C=O) groups excluding carboxylic acids is 1. The van der Waals surface area contributed by atoms with Gasteiger partial charge >= 0.3 is 5.69 Å². The van der Waals surface area contributed by atoms with Crippen molar-refractivity contribution in [2.24, 2.45) is 0 Å². The summed E-state index contributed by atoms with van der Waals surface area (Å²) in [6.45, 7) is -0.488. The summed E-state index contributed by atoms with van der Waals surface area (Å²) in [5, 5.41) is 2.70. The Morgan fingerprint density at radius 1 is 1.43 bits per heavy atom. The first-order chi connectivity index (χ1) is 9.86. The van der Waals surface area contributed by atoms with E-state index in [0.717, 1.165) is 4.57 Å². The molecule has 2 aromatic rings. The Labute approximate surface area is 122 Å². The minimum Gasteiger partial charge on any atom is -0.399 e. The molecule has 7 nitrogen and oxygen atoms in total. The summed E-state index contributed by atoms with van der Waals surface area (Å²) < 4.78 is 13.8. The van der Waals surface area contributed by atoms with Gasteiger partial charge in [0.2, 0.25) is 11.7 Å². The molecule has 1 amide bonds. The number of hydrogen-bond acceptors (Lipinski definition) is 4. The van der Waals surface area contributed by atoms with Crippen LogP contribution in [-0.4, -0.2) is 15.5 Å². The van der Waals surface area contributed by atoms with E-state index in [-0.39, 0.29) is 10.7 Å². The number of nitrogens with zero attached hydrogens (tertiary/aromatic N) is 1. The fourth-order valence-electron chi connectivity index (χ4n) is 1.58. The van der Waals surface area contributed by atoms with E-state index in [1.807, 2.05) is 0 Å². The Hall–Kier alpha value is -2.61. The summed E-state index contributed by atoms with van der Waals surface area (Å²) in [6, 6.07) is 4.49. The number of aromatic nitrogens is 2. The van der Waals surface area contributed by atoms with Crippen LogP contribution in [0.15, 0.2) is 34.0 Å². The van der Waals surface area contributed by atoms with Crippen molar-refractivity contribution in [1.82, 2.24) is 9.55 Å². The van der Waals surface area contributed by atoms with Crippen LogP contribution in [0, 0.1) is 5.82 Å². The third kappa shape index (κ3) is 3.48. The smallest absolute Gasteiger partial charge is 0.328 e. The Kier molecular flexibility index (Phi) is 4.08. The molecule has 0 atom stereocenters. The standard InChI is InChI=1S/C12H10ClFN4O3/c13-7-2-1-6(15)3-9(7)16-10(19)5-18-4-8(14)11(20)17-12(18)21/h1-4H,5,15H2,(H,16,19)(H,17,20,21). The van der Waals surface area contributed by atoms with Crippen LogP contribution in [0.3, 0.4) is 0 Å². The lowest BCUT2D eigenvalue weighted by atomic mass is 10.3. The van der Waals surface area contributed by atoms with Gasteiger partial charge in [-0.15, -0.1) is 0 Å². The zero-order valence-electron chi connectivity index (χ0n) is 10.5. The van der Waals surface area contributed by atoms with Gasteiger partial charge in [0.25, 0.3) is 5.56 Å². The lowest BCUT2D eigenvalue weighted by Gasteiger charge is -2.09. The fraction of sp³-hybridized carbons (Fsp3) is 0.0833. The SMILES string of the molecule is Nc1ccc(Cl)c(NC(=O)Cn2cc(F)c(=O)[nH]c2=O)c1. The van der Waals surface area contributed by atoms with Crippen molar-refractivity contribution in [3.05, 3.63) is 56.1 Å². The Morgan fingerprint density at radius 3 is 2.86 bits per heavy atom. The maximum absolute atomic E-state index is 13.1. The summed E-state index contributed by atoms with van der Waals surface area (Å²) >= 11 is 5.87. The number of carbonyl (C=O) groups is 1. The molecule has 1 aromatic carbocycles. The minimum atomic E-state index is -1.16. The molecule has 1 aromatic heterocycles. The predicted octanol–water partition coefficient (Wildman–Crippen LogP) is 0.550. The summed E-state index contributed by atoms with van der Waals surface area (Å²) in [5.41, 5.74) is 4.18. The number of anilines is 2. The van der Waals surface area contributed by atoms with Gasteiger partial charge in [0, 0.05) is 5.69 Å². The van der Waals surface area contributed by atoms with Crippen LogP contribution < -0.4 is 22.3 Å². The lowest BCUT2D eigenvalue weighted by molar-refractivity contribution is -0.116. The van der Waals surface area contributed by atoms with Crippen LogP contribution in [0.2, 0.25) is 5.02 Å². The molecule has 0 bridgehead atoms. The Bertz CT molecular complexity index is 815. The molecule has 9 heteroatoms. The minimum absolute atomic E-state index is 0.262. The molecule has 0 spiro atoms. The number of nitrogens with one attached hydrogen (secondary N) is 2.